The van der Waals surface area contributed by atoms with Crippen molar-refractivity contribution >= 4 is 74.6 Å². The molecule has 0 aliphatic rings. The molecule has 0 aliphatic heterocycles. The van der Waals surface area contributed by atoms with Crippen molar-refractivity contribution in [1.82, 2.24) is 19.9 Å². The van der Waals surface area contributed by atoms with Crippen molar-refractivity contribution in [3.8, 4) is 55.9 Å². The van der Waals surface area contributed by atoms with Gasteiger partial charge < -0.3 is 0 Å². The van der Waals surface area contributed by atoms with E-state index in [0.29, 0.717) is 17.5 Å². The molecule has 0 N–H and O–H groups in total. The lowest BCUT2D eigenvalue weighted by molar-refractivity contribution is 1.08. The Morgan fingerprint density at radius 1 is 0.333 bits per heavy atom. The van der Waals surface area contributed by atoms with Crippen molar-refractivity contribution in [2.75, 3.05) is 0 Å². The Kier molecular flexibility index (Phi) is 7.18. The first-order chi connectivity index (χ1) is 26.7. The van der Waals surface area contributed by atoms with E-state index in [2.05, 4.69) is 164 Å². The van der Waals surface area contributed by atoms with Crippen LogP contribution in [0.5, 0.6) is 0 Å². The molecule has 0 bridgehead atoms. The summed E-state index contributed by atoms with van der Waals surface area (Å²) in [7, 11) is 0. The van der Waals surface area contributed by atoms with Gasteiger partial charge in [0, 0.05) is 42.4 Å². The van der Waals surface area contributed by atoms with Crippen LogP contribution in [0.25, 0.3) is 108 Å². The number of thiophene rings is 1. The largest absolute Gasteiger partial charge is 0.236 e. The van der Waals surface area contributed by atoms with Crippen molar-refractivity contribution in [2.24, 2.45) is 0 Å². The molecule has 6 heteroatoms. The third-order valence-corrected chi connectivity index (χ3v) is 12.4. The molecule has 0 fully saturated rings. The summed E-state index contributed by atoms with van der Waals surface area (Å²) in [5.41, 5.74) is 7.38. The molecular formula is C48H28N4S2. The van der Waals surface area contributed by atoms with E-state index in [0.717, 1.165) is 48.4 Å². The predicted molar refractivity (Wildman–Crippen MR) is 228 cm³/mol. The number of fused-ring (bicyclic) bond motifs is 6. The Hall–Kier alpha value is -6.60. The minimum absolute atomic E-state index is 0.645. The third kappa shape index (κ3) is 5.35. The number of thiazole rings is 1. The molecule has 0 amide bonds. The molecule has 11 rings (SSSR count). The molecule has 0 unspecified atom stereocenters. The van der Waals surface area contributed by atoms with E-state index in [9.17, 15) is 0 Å². The van der Waals surface area contributed by atoms with Gasteiger partial charge in [0.05, 0.1) is 10.2 Å². The van der Waals surface area contributed by atoms with Crippen LogP contribution in [0.1, 0.15) is 0 Å². The van der Waals surface area contributed by atoms with Gasteiger partial charge in [-0.2, -0.15) is 0 Å². The fourth-order valence-electron chi connectivity index (χ4n) is 7.37. The Morgan fingerprint density at radius 3 is 1.69 bits per heavy atom. The molecule has 3 heterocycles. The van der Waals surface area contributed by atoms with Crippen LogP contribution in [0, 0.1) is 0 Å². The van der Waals surface area contributed by atoms with Gasteiger partial charge in [0.15, 0.2) is 17.5 Å². The molecule has 0 atom stereocenters. The molecule has 252 valence electrons. The van der Waals surface area contributed by atoms with Crippen molar-refractivity contribution in [2.45, 2.75) is 0 Å². The molecule has 0 radical (unpaired) electrons. The van der Waals surface area contributed by atoms with Crippen LogP contribution in [-0.4, -0.2) is 19.9 Å². The fourth-order valence-corrected chi connectivity index (χ4v) is 9.58. The molecule has 11 aromatic rings. The Labute approximate surface area is 318 Å². The van der Waals surface area contributed by atoms with E-state index in [1.54, 1.807) is 22.7 Å². The molecule has 0 spiro atoms. The highest BCUT2D eigenvalue weighted by molar-refractivity contribution is 7.26. The second-order valence-corrected chi connectivity index (χ2v) is 15.6. The Balaban J connectivity index is 1.05. The Bertz CT molecular complexity index is 3220. The maximum absolute atomic E-state index is 5.18. The number of aromatic nitrogens is 4. The smallest absolute Gasteiger partial charge is 0.165 e. The normalized spacial score (nSPS) is 11.7. The highest BCUT2D eigenvalue weighted by atomic mass is 32.1. The summed E-state index contributed by atoms with van der Waals surface area (Å²) in [4.78, 5) is 20.6. The molecule has 0 saturated carbocycles. The van der Waals surface area contributed by atoms with Crippen molar-refractivity contribution in [3.63, 3.8) is 0 Å². The summed E-state index contributed by atoms with van der Waals surface area (Å²) in [6.07, 6.45) is 0. The van der Waals surface area contributed by atoms with E-state index in [1.165, 1.54) is 41.9 Å². The monoisotopic (exact) mass is 724 g/mol. The van der Waals surface area contributed by atoms with Crippen LogP contribution in [0.4, 0.5) is 0 Å². The quantitative estimate of drug-likeness (QED) is 0.177. The van der Waals surface area contributed by atoms with E-state index < -0.39 is 0 Å². The standard InChI is InChI=1S/C48H28N4S2/c1-2-9-29(10-3-1)32-17-21-33(22-18-32)45-50-46(36-23-19-30-11-4-6-13-34(30)25-36)52-47(51-45)39-16-8-15-38-40-27-43-41(28-42(40)53-44(38)39)49-48(54-43)37-24-20-31-12-5-7-14-35(31)26-37/h1-28H. The van der Waals surface area contributed by atoms with Gasteiger partial charge in [-0.05, 0) is 63.0 Å². The van der Waals surface area contributed by atoms with Crippen molar-refractivity contribution < 1.29 is 0 Å². The first-order valence-electron chi connectivity index (χ1n) is 17.9. The van der Waals surface area contributed by atoms with E-state index >= 15 is 0 Å². The van der Waals surface area contributed by atoms with Crippen LogP contribution in [0.2, 0.25) is 0 Å². The maximum Gasteiger partial charge on any atom is 0.165 e. The van der Waals surface area contributed by atoms with Crippen LogP contribution in [0.15, 0.2) is 170 Å². The van der Waals surface area contributed by atoms with Gasteiger partial charge in [-0.25, -0.2) is 19.9 Å². The number of nitrogens with zero attached hydrogens (tertiary/aromatic N) is 4. The lowest BCUT2D eigenvalue weighted by Gasteiger charge is -2.10. The van der Waals surface area contributed by atoms with Gasteiger partial charge >= 0.3 is 0 Å². The molecule has 3 aromatic heterocycles. The van der Waals surface area contributed by atoms with E-state index in [4.69, 9.17) is 19.9 Å². The average Bonchev–Trinajstić information content (AvgIpc) is 3.83. The molecule has 8 aromatic carbocycles. The number of hydrogen-bond donors (Lipinski definition) is 0. The number of benzene rings is 8. The molecule has 4 nitrogen and oxygen atoms in total. The van der Waals surface area contributed by atoms with E-state index in [1.807, 2.05) is 6.07 Å². The predicted octanol–water partition coefficient (Wildman–Crippen LogP) is 13.5. The van der Waals surface area contributed by atoms with Gasteiger partial charge in [0.1, 0.15) is 5.01 Å². The highest BCUT2D eigenvalue weighted by Gasteiger charge is 2.18. The maximum atomic E-state index is 5.18. The fraction of sp³-hybridized carbons (Fsp3) is 0. The van der Waals surface area contributed by atoms with Gasteiger partial charge in [-0.15, -0.1) is 22.7 Å². The van der Waals surface area contributed by atoms with Gasteiger partial charge in [-0.3, -0.25) is 0 Å². The number of rotatable bonds is 5. The van der Waals surface area contributed by atoms with Crippen LogP contribution >= 0.6 is 22.7 Å². The third-order valence-electron chi connectivity index (χ3n) is 10.1. The zero-order valence-corrected chi connectivity index (χ0v) is 30.4. The minimum atomic E-state index is 0.645. The number of hydrogen-bond acceptors (Lipinski definition) is 6. The summed E-state index contributed by atoms with van der Waals surface area (Å²) < 4.78 is 3.53. The summed E-state index contributed by atoms with van der Waals surface area (Å²) in [6.45, 7) is 0. The Morgan fingerprint density at radius 2 is 0.926 bits per heavy atom. The molecular weight excluding hydrogens is 697 g/mol. The van der Waals surface area contributed by atoms with Crippen LogP contribution < -0.4 is 0 Å². The average molecular weight is 725 g/mol. The van der Waals surface area contributed by atoms with Gasteiger partial charge in [0.25, 0.3) is 0 Å². The van der Waals surface area contributed by atoms with Crippen LogP contribution in [0.3, 0.4) is 0 Å². The SMILES string of the molecule is c1ccc(-c2ccc(-c3nc(-c4ccc5ccccc5c4)nc(-c4cccc5c4sc4cc6nc(-c7ccc8ccccc8c7)sc6cc45)n3)cc2)cc1. The van der Waals surface area contributed by atoms with Crippen molar-refractivity contribution in [1.29, 1.82) is 0 Å². The first-order valence-corrected chi connectivity index (χ1v) is 19.5. The topological polar surface area (TPSA) is 51.6 Å². The van der Waals surface area contributed by atoms with Gasteiger partial charge in [0.2, 0.25) is 0 Å². The van der Waals surface area contributed by atoms with E-state index in [-0.39, 0.29) is 0 Å². The summed E-state index contributed by atoms with van der Waals surface area (Å²) in [5, 5.41) is 8.24. The molecule has 0 saturated heterocycles. The summed E-state index contributed by atoms with van der Waals surface area (Å²) >= 11 is 3.52. The highest BCUT2D eigenvalue weighted by Crippen LogP contribution is 2.43. The summed E-state index contributed by atoms with van der Waals surface area (Å²) in [5.74, 6) is 1.95. The summed E-state index contributed by atoms with van der Waals surface area (Å²) in [6, 6.07) is 59.8. The zero-order valence-electron chi connectivity index (χ0n) is 28.8. The lowest BCUT2D eigenvalue weighted by Crippen LogP contribution is -2.00. The first kappa shape index (κ1) is 31.0. The minimum Gasteiger partial charge on any atom is -0.236 e. The van der Waals surface area contributed by atoms with Gasteiger partial charge in [-0.1, -0.05) is 140 Å². The van der Waals surface area contributed by atoms with Crippen LogP contribution in [-0.2, 0) is 0 Å². The lowest BCUT2D eigenvalue weighted by atomic mass is 10.0. The molecule has 0 aliphatic carbocycles. The second kappa shape index (κ2) is 12.5. The zero-order chi connectivity index (χ0) is 35.6. The molecule has 54 heavy (non-hydrogen) atoms. The second-order valence-electron chi connectivity index (χ2n) is 13.5. The van der Waals surface area contributed by atoms with Crippen molar-refractivity contribution in [3.05, 3.63) is 170 Å².